The number of aryl methyl sites for hydroxylation is 2. The fourth-order valence-corrected chi connectivity index (χ4v) is 1.99. The number of hydrogen-bond acceptors (Lipinski definition) is 3. The largest absolute Gasteiger partial charge is 0.493 e. The lowest BCUT2D eigenvalue weighted by molar-refractivity contribution is -0.120. The van der Waals surface area contributed by atoms with Crippen LogP contribution < -0.4 is 15.8 Å². The Kier molecular flexibility index (Phi) is 4.43. The highest BCUT2D eigenvalue weighted by atomic mass is 16.5. The van der Waals surface area contributed by atoms with Gasteiger partial charge in [-0.25, -0.2) is 0 Å². The number of rotatable bonds is 7. The zero-order valence-corrected chi connectivity index (χ0v) is 11.6. The summed E-state index contributed by atoms with van der Waals surface area (Å²) in [6.07, 6.45) is 2.89. The van der Waals surface area contributed by atoms with Crippen molar-refractivity contribution in [2.24, 2.45) is 5.73 Å². The van der Waals surface area contributed by atoms with Crippen LogP contribution in [0.5, 0.6) is 5.75 Å². The molecule has 3 N–H and O–H groups in total. The van der Waals surface area contributed by atoms with Crippen LogP contribution in [-0.4, -0.2) is 24.6 Å². The Bertz CT molecular complexity index is 455. The molecule has 1 saturated carbocycles. The zero-order valence-electron chi connectivity index (χ0n) is 11.6. The molecule has 0 aliphatic heterocycles. The molecule has 1 atom stereocenters. The predicted octanol–water partition coefficient (Wildman–Crippen LogP) is 1.68. The van der Waals surface area contributed by atoms with E-state index >= 15 is 0 Å². The third kappa shape index (κ3) is 4.24. The van der Waals surface area contributed by atoms with Gasteiger partial charge in [-0.3, -0.25) is 4.79 Å². The van der Waals surface area contributed by atoms with Crippen molar-refractivity contribution in [3.63, 3.8) is 0 Å². The molecule has 1 aromatic rings. The Morgan fingerprint density at radius 2 is 2.21 bits per heavy atom. The second-order valence-electron chi connectivity index (χ2n) is 5.30. The molecule has 1 unspecified atom stereocenters. The lowest BCUT2D eigenvalue weighted by Gasteiger charge is -2.16. The SMILES string of the molecule is Cc1ccc(C)c(OCCC(NC2CC2)C(N)=O)c1. The zero-order chi connectivity index (χ0) is 13.8. The first-order chi connectivity index (χ1) is 9.06. The second-order valence-corrected chi connectivity index (χ2v) is 5.30. The normalized spacial score (nSPS) is 16.1. The van der Waals surface area contributed by atoms with Crippen molar-refractivity contribution in [3.05, 3.63) is 29.3 Å². The molecule has 0 radical (unpaired) electrons. The number of ether oxygens (including phenoxy) is 1. The molecule has 0 bridgehead atoms. The summed E-state index contributed by atoms with van der Waals surface area (Å²) in [5.74, 6) is 0.589. The Labute approximate surface area is 114 Å². The van der Waals surface area contributed by atoms with Crippen LogP contribution in [0.4, 0.5) is 0 Å². The van der Waals surface area contributed by atoms with Crippen molar-refractivity contribution in [3.8, 4) is 5.75 Å². The third-order valence-corrected chi connectivity index (χ3v) is 3.37. The molecule has 4 heteroatoms. The summed E-state index contributed by atoms with van der Waals surface area (Å²) in [5.41, 5.74) is 7.67. The van der Waals surface area contributed by atoms with Gasteiger partial charge in [0.15, 0.2) is 0 Å². The minimum Gasteiger partial charge on any atom is -0.493 e. The molecule has 1 aliphatic carbocycles. The fraction of sp³-hybridized carbons (Fsp3) is 0.533. The van der Waals surface area contributed by atoms with Crippen LogP contribution in [0.25, 0.3) is 0 Å². The van der Waals surface area contributed by atoms with Crippen LogP contribution in [0.3, 0.4) is 0 Å². The molecule has 0 heterocycles. The summed E-state index contributed by atoms with van der Waals surface area (Å²) in [6.45, 7) is 4.55. The molecule has 0 saturated heterocycles. The monoisotopic (exact) mass is 262 g/mol. The summed E-state index contributed by atoms with van der Waals surface area (Å²) in [6, 6.07) is 6.31. The molecule has 2 rings (SSSR count). The molecule has 104 valence electrons. The maximum atomic E-state index is 11.3. The average molecular weight is 262 g/mol. The standard InChI is InChI=1S/C15H22N2O2/c1-10-3-4-11(2)14(9-10)19-8-7-13(15(16)18)17-12-5-6-12/h3-4,9,12-13,17H,5-8H2,1-2H3,(H2,16,18). The van der Waals surface area contributed by atoms with Gasteiger partial charge >= 0.3 is 0 Å². The Balaban J connectivity index is 1.83. The Morgan fingerprint density at radius 1 is 1.47 bits per heavy atom. The topological polar surface area (TPSA) is 64.3 Å². The van der Waals surface area contributed by atoms with Crippen LogP contribution in [0.15, 0.2) is 18.2 Å². The fourth-order valence-electron chi connectivity index (χ4n) is 1.99. The molecule has 0 aromatic heterocycles. The highest BCUT2D eigenvalue weighted by Crippen LogP contribution is 2.21. The summed E-state index contributed by atoms with van der Waals surface area (Å²) in [4.78, 5) is 11.3. The van der Waals surface area contributed by atoms with Crippen LogP contribution in [0.1, 0.15) is 30.4 Å². The Hall–Kier alpha value is -1.55. The number of benzene rings is 1. The first kappa shape index (κ1) is 13.9. The van der Waals surface area contributed by atoms with E-state index in [9.17, 15) is 4.79 Å². The molecular formula is C15H22N2O2. The van der Waals surface area contributed by atoms with Gasteiger partial charge in [0.25, 0.3) is 0 Å². The van der Waals surface area contributed by atoms with E-state index < -0.39 is 0 Å². The molecule has 1 aliphatic rings. The van der Waals surface area contributed by atoms with Crippen LogP contribution in [-0.2, 0) is 4.79 Å². The smallest absolute Gasteiger partial charge is 0.234 e. The number of primary amides is 1. The lowest BCUT2D eigenvalue weighted by atomic mass is 10.1. The van der Waals surface area contributed by atoms with Gasteiger partial charge in [-0.05, 0) is 43.9 Å². The van der Waals surface area contributed by atoms with E-state index in [1.54, 1.807) is 0 Å². The Morgan fingerprint density at radius 3 is 2.84 bits per heavy atom. The first-order valence-corrected chi connectivity index (χ1v) is 6.81. The molecule has 4 nitrogen and oxygen atoms in total. The summed E-state index contributed by atoms with van der Waals surface area (Å²) >= 11 is 0. The molecule has 19 heavy (non-hydrogen) atoms. The van der Waals surface area contributed by atoms with Gasteiger partial charge in [0.1, 0.15) is 5.75 Å². The highest BCUT2D eigenvalue weighted by Gasteiger charge is 2.27. The summed E-state index contributed by atoms with van der Waals surface area (Å²) < 4.78 is 5.75. The van der Waals surface area contributed by atoms with Crippen molar-refractivity contribution in [1.82, 2.24) is 5.32 Å². The summed E-state index contributed by atoms with van der Waals surface area (Å²) in [7, 11) is 0. The van der Waals surface area contributed by atoms with Gasteiger partial charge in [0.2, 0.25) is 5.91 Å². The maximum Gasteiger partial charge on any atom is 0.234 e. The predicted molar refractivity (Wildman–Crippen MR) is 75.2 cm³/mol. The quantitative estimate of drug-likeness (QED) is 0.785. The van der Waals surface area contributed by atoms with Gasteiger partial charge in [0.05, 0.1) is 12.6 Å². The number of carbonyl (C=O) groups is 1. The number of carbonyl (C=O) groups excluding carboxylic acids is 1. The van der Waals surface area contributed by atoms with Gasteiger partial charge in [-0.2, -0.15) is 0 Å². The average Bonchev–Trinajstić information content (AvgIpc) is 3.16. The van der Waals surface area contributed by atoms with Crippen molar-refractivity contribution in [2.75, 3.05) is 6.61 Å². The minimum atomic E-state index is -0.295. The number of amides is 1. The van der Waals surface area contributed by atoms with Gasteiger partial charge in [-0.1, -0.05) is 12.1 Å². The van der Waals surface area contributed by atoms with Crippen LogP contribution >= 0.6 is 0 Å². The van der Waals surface area contributed by atoms with Crippen molar-refractivity contribution in [1.29, 1.82) is 0 Å². The number of nitrogens with one attached hydrogen (secondary N) is 1. The highest BCUT2D eigenvalue weighted by molar-refractivity contribution is 5.79. The molecule has 1 aromatic carbocycles. The lowest BCUT2D eigenvalue weighted by Crippen LogP contribution is -2.43. The van der Waals surface area contributed by atoms with Crippen molar-refractivity contribution < 1.29 is 9.53 Å². The third-order valence-electron chi connectivity index (χ3n) is 3.37. The molecule has 0 spiro atoms. The van der Waals surface area contributed by atoms with Gasteiger partial charge < -0.3 is 15.8 Å². The maximum absolute atomic E-state index is 11.3. The molecule has 1 amide bonds. The second kappa shape index (κ2) is 6.06. The van der Waals surface area contributed by atoms with E-state index in [4.69, 9.17) is 10.5 Å². The van der Waals surface area contributed by atoms with E-state index in [1.807, 2.05) is 26.0 Å². The van der Waals surface area contributed by atoms with E-state index in [-0.39, 0.29) is 11.9 Å². The van der Waals surface area contributed by atoms with Crippen LogP contribution in [0.2, 0.25) is 0 Å². The van der Waals surface area contributed by atoms with E-state index in [0.29, 0.717) is 19.1 Å². The summed E-state index contributed by atoms with van der Waals surface area (Å²) in [5, 5.41) is 3.25. The number of nitrogens with two attached hydrogens (primary N) is 1. The van der Waals surface area contributed by atoms with Crippen LogP contribution in [0, 0.1) is 13.8 Å². The van der Waals surface area contributed by atoms with E-state index in [2.05, 4.69) is 11.4 Å². The molecular weight excluding hydrogens is 240 g/mol. The van der Waals surface area contributed by atoms with Gasteiger partial charge in [0, 0.05) is 12.5 Å². The van der Waals surface area contributed by atoms with Crippen molar-refractivity contribution >= 4 is 5.91 Å². The number of hydrogen-bond donors (Lipinski definition) is 2. The van der Waals surface area contributed by atoms with Gasteiger partial charge in [-0.15, -0.1) is 0 Å². The molecule has 1 fully saturated rings. The first-order valence-electron chi connectivity index (χ1n) is 6.81. The van der Waals surface area contributed by atoms with E-state index in [0.717, 1.165) is 24.2 Å². The van der Waals surface area contributed by atoms with E-state index in [1.165, 1.54) is 5.56 Å². The minimum absolute atomic E-state index is 0.280. The van der Waals surface area contributed by atoms with Crippen molar-refractivity contribution in [2.45, 2.75) is 45.2 Å².